The van der Waals surface area contributed by atoms with Gasteiger partial charge in [-0.1, -0.05) is 0 Å². The number of amides is 2. The van der Waals surface area contributed by atoms with Crippen molar-refractivity contribution in [1.29, 1.82) is 0 Å². The average molecular weight is 413 g/mol. The molecule has 9 heteroatoms. The topological polar surface area (TPSA) is 112 Å². The highest BCUT2D eigenvalue weighted by Gasteiger charge is 2.26. The van der Waals surface area contributed by atoms with Crippen LogP contribution < -0.4 is 11.1 Å². The predicted molar refractivity (Wildman–Crippen MR) is 90.2 cm³/mol. The number of halogens is 1. The van der Waals surface area contributed by atoms with E-state index in [1.165, 1.54) is 17.4 Å². The first-order valence-corrected chi connectivity index (χ1v) is 8.73. The van der Waals surface area contributed by atoms with Crippen LogP contribution in [0.3, 0.4) is 0 Å². The van der Waals surface area contributed by atoms with Gasteiger partial charge in [0.25, 0.3) is 11.8 Å². The zero-order valence-corrected chi connectivity index (χ0v) is 14.8. The van der Waals surface area contributed by atoms with Crippen LogP contribution in [0.2, 0.25) is 0 Å². The van der Waals surface area contributed by atoms with Crippen molar-refractivity contribution in [2.75, 3.05) is 11.9 Å². The Morgan fingerprint density at radius 2 is 2.12 bits per heavy atom. The van der Waals surface area contributed by atoms with E-state index in [2.05, 4.69) is 21.2 Å². The molecule has 2 aromatic heterocycles. The number of primary amides is 1. The summed E-state index contributed by atoms with van der Waals surface area (Å²) in [5.74, 6) is -1.87. The lowest BCUT2D eigenvalue weighted by Gasteiger charge is -2.06. The minimum absolute atomic E-state index is 0.0115. The van der Waals surface area contributed by atoms with Crippen molar-refractivity contribution >= 4 is 50.1 Å². The molecule has 3 rings (SSSR count). The summed E-state index contributed by atoms with van der Waals surface area (Å²) in [7, 11) is 0. The summed E-state index contributed by atoms with van der Waals surface area (Å²) >= 11 is 4.41. The Bertz CT molecular complexity index is 826. The second kappa shape index (κ2) is 6.78. The van der Waals surface area contributed by atoms with E-state index < -0.39 is 24.4 Å². The van der Waals surface area contributed by atoms with Gasteiger partial charge in [0, 0.05) is 4.88 Å². The molecule has 2 aromatic rings. The number of rotatable bonds is 5. The molecule has 126 valence electrons. The number of thiophene rings is 1. The van der Waals surface area contributed by atoms with Gasteiger partial charge in [0.2, 0.25) is 5.76 Å². The molecule has 24 heavy (non-hydrogen) atoms. The Labute approximate surface area is 149 Å². The number of carbonyl (C=O) groups is 3. The summed E-state index contributed by atoms with van der Waals surface area (Å²) in [5.41, 5.74) is 6.70. The maximum Gasteiger partial charge on any atom is 0.374 e. The number of ether oxygens (including phenoxy) is 1. The largest absolute Gasteiger partial charge is 0.450 e. The standard InChI is InChI=1S/C15H13BrN2O5S/c16-10-5-4-8(23-10)15(21)22-6-11(19)18-14-12(13(17)20)7-2-1-3-9(7)24-14/h4-5H,1-3,6H2,(H2,17,20)(H,18,19). The van der Waals surface area contributed by atoms with Crippen molar-refractivity contribution < 1.29 is 23.5 Å². The summed E-state index contributed by atoms with van der Waals surface area (Å²) in [5, 5.41) is 3.01. The summed E-state index contributed by atoms with van der Waals surface area (Å²) in [4.78, 5) is 36.4. The molecule has 1 aliphatic rings. The Hall–Kier alpha value is -2.13. The highest BCUT2D eigenvalue weighted by molar-refractivity contribution is 9.10. The summed E-state index contributed by atoms with van der Waals surface area (Å²) in [6, 6.07) is 2.97. The second-order valence-corrected chi connectivity index (χ2v) is 7.04. The van der Waals surface area contributed by atoms with Crippen LogP contribution in [-0.2, 0) is 22.4 Å². The Balaban J connectivity index is 1.63. The van der Waals surface area contributed by atoms with Crippen LogP contribution in [-0.4, -0.2) is 24.4 Å². The fraction of sp³-hybridized carbons (Fsp3) is 0.267. The number of nitrogens with two attached hydrogens (primary N) is 1. The molecular formula is C15H13BrN2O5S. The number of esters is 1. The van der Waals surface area contributed by atoms with Crippen LogP contribution in [0.25, 0.3) is 0 Å². The molecule has 2 heterocycles. The highest BCUT2D eigenvalue weighted by Crippen LogP contribution is 2.38. The van der Waals surface area contributed by atoms with E-state index in [1.54, 1.807) is 6.07 Å². The Kier molecular flexibility index (Phi) is 4.72. The molecule has 0 aliphatic heterocycles. The van der Waals surface area contributed by atoms with Crippen LogP contribution in [0.5, 0.6) is 0 Å². The van der Waals surface area contributed by atoms with E-state index in [4.69, 9.17) is 14.9 Å². The molecule has 0 spiro atoms. The first kappa shape index (κ1) is 16.7. The van der Waals surface area contributed by atoms with Gasteiger partial charge >= 0.3 is 5.97 Å². The molecule has 0 fully saturated rings. The molecule has 0 saturated heterocycles. The maximum absolute atomic E-state index is 12.0. The molecule has 0 bridgehead atoms. The van der Waals surface area contributed by atoms with Gasteiger partial charge in [-0.2, -0.15) is 0 Å². The van der Waals surface area contributed by atoms with Gasteiger partial charge in [-0.3, -0.25) is 9.59 Å². The Morgan fingerprint density at radius 1 is 1.33 bits per heavy atom. The second-order valence-electron chi connectivity index (χ2n) is 5.15. The SMILES string of the molecule is NC(=O)c1c(NC(=O)COC(=O)c2ccc(Br)o2)sc2c1CCC2. The quantitative estimate of drug-likeness (QED) is 0.732. The van der Waals surface area contributed by atoms with Crippen molar-refractivity contribution in [3.63, 3.8) is 0 Å². The average Bonchev–Trinajstić information content (AvgIpc) is 3.19. The molecule has 0 unspecified atom stereocenters. The first-order chi connectivity index (χ1) is 11.5. The van der Waals surface area contributed by atoms with Crippen molar-refractivity contribution in [2.45, 2.75) is 19.3 Å². The molecule has 0 saturated carbocycles. The van der Waals surface area contributed by atoms with Gasteiger partial charge < -0.3 is 20.2 Å². The molecular weight excluding hydrogens is 400 g/mol. The van der Waals surface area contributed by atoms with Gasteiger partial charge in [0.1, 0.15) is 5.00 Å². The third-order valence-corrected chi connectivity index (χ3v) is 5.16. The normalized spacial score (nSPS) is 12.7. The Morgan fingerprint density at radius 3 is 2.79 bits per heavy atom. The third-order valence-electron chi connectivity index (χ3n) is 3.53. The zero-order valence-electron chi connectivity index (χ0n) is 12.4. The van der Waals surface area contributed by atoms with Crippen molar-refractivity contribution in [2.24, 2.45) is 5.73 Å². The monoisotopic (exact) mass is 412 g/mol. The van der Waals surface area contributed by atoms with Crippen molar-refractivity contribution in [3.05, 3.63) is 38.6 Å². The van der Waals surface area contributed by atoms with Crippen LogP contribution in [0, 0.1) is 0 Å². The highest BCUT2D eigenvalue weighted by atomic mass is 79.9. The van der Waals surface area contributed by atoms with E-state index in [9.17, 15) is 14.4 Å². The van der Waals surface area contributed by atoms with Gasteiger partial charge in [0.05, 0.1) is 5.56 Å². The van der Waals surface area contributed by atoms with Gasteiger partial charge in [-0.05, 0) is 52.9 Å². The predicted octanol–water partition coefficient (Wildman–Crippen LogP) is 2.49. The molecule has 2 amide bonds. The molecule has 0 atom stereocenters. The first-order valence-electron chi connectivity index (χ1n) is 7.12. The van der Waals surface area contributed by atoms with Crippen LogP contribution in [0.1, 0.15) is 37.8 Å². The van der Waals surface area contributed by atoms with Gasteiger partial charge in [-0.15, -0.1) is 11.3 Å². The number of hydrogen-bond acceptors (Lipinski definition) is 6. The number of furan rings is 1. The summed E-state index contributed by atoms with van der Waals surface area (Å²) in [6.07, 6.45) is 2.63. The van der Waals surface area contributed by atoms with E-state index in [1.807, 2.05) is 0 Å². The molecule has 0 radical (unpaired) electrons. The zero-order chi connectivity index (χ0) is 17.3. The smallest absolute Gasteiger partial charge is 0.374 e. The van der Waals surface area contributed by atoms with Crippen LogP contribution in [0.4, 0.5) is 5.00 Å². The summed E-state index contributed by atoms with van der Waals surface area (Å²) in [6.45, 7) is -0.488. The van der Waals surface area contributed by atoms with E-state index in [0.717, 1.165) is 29.7 Å². The lowest BCUT2D eigenvalue weighted by molar-refractivity contribution is -0.119. The van der Waals surface area contributed by atoms with Crippen LogP contribution in [0.15, 0.2) is 21.2 Å². The maximum atomic E-state index is 12.0. The number of nitrogens with one attached hydrogen (secondary N) is 1. The number of fused-ring (bicyclic) bond motifs is 1. The lowest BCUT2D eigenvalue weighted by Crippen LogP contribution is -2.22. The van der Waals surface area contributed by atoms with Gasteiger partial charge in [0.15, 0.2) is 11.3 Å². The minimum Gasteiger partial charge on any atom is -0.450 e. The lowest BCUT2D eigenvalue weighted by atomic mass is 10.1. The fourth-order valence-corrected chi connectivity index (χ4v) is 4.16. The van der Waals surface area contributed by atoms with E-state index >= 15 is 0 Å². The summed E-state index contributed by atoms with van der Waals surface area (Å²) < 4.78 is 10.3. The number of aryl methyl sites for hydroxylation is 1. The van der Waals surface area contributed by atoms with Crippen LogP contribution >= 0.6 is 27.3 Å². The molecule has 7 nitrogen and oxygen atoms in total. The van der Waals surface area contributed by atoms with Crippen molar-refractivity contribution in [3.8, 4) is 0 Å². The van der Waals surface area contributed by atoms with E-state index in [-0.39, 0.29) is 5.76 Å². The minimum atomic E-state index is -0.750. The van der Waals surface area contributed by atoms with Crippen molar-refractivity contribution in [1.82, 2.24) is 0 Å². The van der Waals surface area contributed by atoms with Gasteiger partial charge in [-0.25, -0.2) is 4.79 Å². The number of anilines is 1. The third kappa shape index (κ3) is 3.36. The molecule has 1 aliphatic carbocycles. The number of carbonyl (C=O) groups excluding carboxylic acids is 3. The van der Waals surface area contributed by atoms with E-state index in [0.29, 0.717) is 15.2 Å². The fourth-order valence-electron chi connectivity index (χ4n) is 2.54. The number of hydrogen-bond donors (Lipinski definition) is 2. The molecule has 3 N–H and O–H groups in total. The molecule has 0 aromatic carbocycles.